The number of nitrogens with zero attached hydrogens (tertiary/aromatic N) is 1. The predicted molar refractivity (Wildman–Crippen MR) is 121 cm³/mol. The average Bonchev–Trinajstić information content (AvgIpc) is 3.56. The van der Waals surface area contributed by atoms with E-state index in [9.17, 15) is 4.79 Å². The van der Waals surface area contributed by atoms with Crippen LogP contribution in [-0.2, 0) is 6.61 Å². The van der Waals surface area contributed by atoms with Gasteiger partial charge in [-0.1, -0.05) is 53.8 Å². The molecule has 3 aromatic rings. The minimum Gasteiger partial charge on any atom is -0.489 e. The Bertz CT molecular complexity index is 1160. The summed E-state index contributed by atoms with van der Waals surface area (Å²) in [6.45, 7) is 4.28. The normalized spacial score (nSPS) is 14.0. The molecule has 1 fully saturated rings. The van der Waals surface area contributed by atoms with E-state index in [2.05, 4.69) is 24.0 Å². The highest BCUT2D eigenvalue weighted by molar-refractivity contribution is 6.31. The smallest absolute Gasteiger partial charge is 0.254 e. The van der Waals surface area contributed by atoms with Gasteiger partial charge in [0.2, 0.25) is 0 Å². The summed E-state index contributed by atoms with van der Waals surface area (Å²) < 4.78 is 7.61. The first-order valence-corrected chi connectivity index (χ1v) is 10.6. The topological polar surface area (TPSA) is 31.2 Å². The Labute approximate surface area is 182 Å². The van der Waals surface area contributed by atoms with Crippen molar-refractivity contribution in [3.63, 3.8) is 0 Å². The zero-order valence-electron chi connectivity index (χ0n) is 17.2. The summed E-state index contributed by atoms with van der Waals surface area (Å²) in [4.78, 5) is 12.8. The molecule has 0 radical (unpaired) electrons. The third-order valence-corrected chi connectivity index (χ3v) is 5.73. The molecular weight excluding hydrogens is 394 g/mol. The van der Waals surface area contributed by atoms with Crippen LogP contribution in [0.4, 0.5) is 0 Å². The number of rotatable bonds is 5. The fraction of sp³-hybridized carbons (Fsp3) is 0.269. The Morgan fingerprint density at radius 1 is 1.13 bits per heavy atom. The fourth-order valence-corrected chi connectivity index (χ4v) is 3.64. The molecule has 0 unspecified atom stereocenters. The van der Waals surface area contributed by atoms with E-state index >= 15 is 0 Å². The van der Waals surface area contributed by atoms with Gasteiger partial charge in [0.05, 0.1) is 6.04 Å². The van der Waals surface area contributed by atoms with Crippen LogP contribution in [0.25, 0.3) is 0 Å². The largest absolute Gasteiger partial charge is 0.489 e. The monoisotopic (exact) mass is 417 g/mol. The van der Waals surface area contributed by atoms with Crippen LogP contribution in [0.1, 0.15) is 48.2 Å². The summed E-state index contributed by atoms with van der Waals surface area (Å²) in [6, 6.07) is 19.0. The molecule has 1 atom stereocenters. The standard InChI is InChI=1S/C26H24ClNO2/c1-18-15-24(30-17-23-5-3-4-6-25(23)27)16-26(29)28(18)19(2)22-13-11-21(12-14-22)10-9-20-7-8-20/h3-6,11-16,19-20H,7-8,17H2,1-2H3/t19-/m1/s1. The highest BCUT2D eigenvalue weighted by Crippen LogP contribution is 2.27. The number of ether oxygens (including phenoxy) is 1. The molecule has 2 aromatic carbocycles. The molecular formula is C26H24ClNO2. The molecule has 1 aliphatic rings. The Balaban J connectivity index is 1.50. The number of hydrogen-bond donors (Lipinski definition) is 0. The van der Waals surface area contributed by atoms with Gasteiger partial charge in [0, 0.05) is 33.8 Å². The quantitative estimate of drug-likeness (QED) is 0.494. The lowest BCUT2D eigenvalue weighted by Gasteiger charge is -2.19. The van der Waals surface area contributed by atoms with Gasteiger partial charge in [-0.05, 0) is 56.5 Å². The maximum atomic E-state index is 12.8. The van der Waals surface area contributed by atoms with E-state index in [0.717, 1.165) is 22.4 Å². The predicted octanol–water partition coefficient (Wildman–Crippen LogP) is 5.76. The van der Waals surface area contributed by atoms with E-state index in [1.165, 1.54) is 18.9 Å². The van der Waals surface area contributed by atoms with Gasteiger partial charge < -0.3 is 9.30 Å². The zero-order chi connectivity index (χ0) is 21.1. The third kappa shape index (κ3) is 4.78. The van der Waals surface area contributed by atoms with Crippen molar-refractivity contribution in [2.75, 3.05) is 0 Å². The number of aromatic nitrogens is 1. The van der Waals surface area contributed by atoms with Gasteiger partial charge >= 0.3 is 0 Å². The lowest BCUT2D eigenvalue weighted by atomic mass is 10.1. The van der Waals surface area contributed by atoms with Crippen LogP contribution in [-0.4, -0.2) is 4.57 Å². The molecule has 0 spiro atoms. The number of aryl methyl sites for hydroxylation is 1. The molecule has 4 heteroatoms. The maximum Gasteiger partial charge on any atom is 0.254 e. The molecule has 0 amide bonds. The lowest BCUT2D eigenvalue weighted by Crippen LogP contribution is -2.25. The first kappa shape index (κ1) is 20.3. The summed E-state index contributed by atoms with van der Waals surface area (Å²) in [6.07, 6.45) is 2.45. The molecule has 0 aliphatic heterocycles. The van der Waals surface area contributed by atoms with Crippen molar-refractivity contribution in [3.05, 3.63) is 98.4 Å². The summed E-state index contributed by atoms with van der Waals surface area (Å²) in [7, 11) is 0. The van der Waals surface area contributed by atoms with Crippen LogP contribution in [0.5, 0.6) is 5.75 Å². The van der Waals surface area contributed by atoms with Gasteiger partial charge in [0.1, 0.15) is 12.4 Å². The molecule has 1 aliphatic carbocycles. The Hall–Kier alpha value is -2.96. The minimum absolute atomic E-state index is 0.0828. The molecule has 4 rings (SSSR count). The van der Waals surface area contributed by atoms with Crippen LogP contribution in [0.3, 0.4) is 0 Å². The van der Waals surface area contributed by atoms with Crippen molar-refractivity contribution in [3.8, 4) is 17.6 Å². The van der Waals surface area contributed by atoms with Crippen LogP contribution in [0.2, 0.25) is 5.02 Å². The van der Waals surface area contributed by atoms with Gasteiger partial charge in [0.25, 0.3) is 5.56 Å². The second kappa shape index (κ2) is 8.81. The first-order chi connectivity index (χ1) is 14.5. The molecule has 0 bridgehead atoms. The van der Waals surface area contributed by atoms with Crippen molar-refractivity contribution >= 4 is 11.6 Å². The van der Waals surface area contributed by atoms with Crippen molar-refractivity contribution in [1.82, 2.24) is 4.57 Å². The van der Waals surface area contributed by atoms with Gasteiger partial charge in [-0.15, -0.1) is 0 Å². The van der Waals surface area contributed by atoms with Gasteiger partial charge in [-0.3, -0.25) is 4.79 Å². The summed E-state index contributed by atoms with van der Waals surface area (Å²) in [5, 5.41) is 0.654. The van der Waals surface area contributed by atoms with Gasteiger partial charge in [0.15, 0.2) is 0 Å². The molecule has 1 aromatic heterocycles. The highest BCUT2D eigenvalue weighted by atomic mass is 35.5. The van der Waals surface area contributed by atoms with Crippen LogP contribution >= 0.6 is 11.6 Å². The minimum atomic E-state index is -0.0886. The van der Waals surface area contributed by atoms with E-state index < -0.39 is 0 Å². The molecule has 1 heterocycles. The number of hydrogen-bond acceptors (Lipinski definition) is 2. The van der Waals surface area contributed by atoms with Crippen molar-refractivity contribution in [2.45, 2.75) is 39.3 Å². The Morgan fingerprint density at radius 2 is 1.87 bits per heavy atom. The lowest BCUT2D eigenvalue weighted by molar-refractivity contribution is 0.304. The molecule has 152 valence electrons. The SMILES string of the molecule is Cc1cc(OCc2ccccc2Cl)cc(=O)n1[C@H](C)c1ccc(C#CC2CC2)cc1. The molecule has 1 saturated carbocycles. The van der Waals surface area contributed by atoms with Crippen LogP contribution in [0, 0.1) is 24.7 Å². The van der Waals surface area contributed by atoms with Gasteiger partial charge in [-0.25, -0.2) is 0 Å². The number of pyridine rings is 1. The molecule has 3 nitrogen and oxygen atoms in total. The van der Waals surface area contributed by atoms with Crippen LogP contribution in [0.15, 0.2) is 65.5 Å². The van der Waals surface area contributed by atoms with E-state index in [0.29, 0.717) is 23.3 Å². The van der Waals surface area contributed by atoms with E-state index in [1.54, 1.807) is 4.57 Å². The summed E-state index contributed by atoms with van der Waals surface area (Å²) >= 11 is 6.18. The Kier molecular flexibility index (Phi) is 5.97. The second-order valence-electron chi connectivity index (χ2n) is 7.76. The molecule has 30 heavy (non-hydrogen) atoms. The Morgan fingerprint density at radius 3 is 2.53 bits per heavy atom. The fourth-order valence-electron chi connectivity index (χ4n) is 3.45. The molecule has 0 N–H and O–H groups in total. The zero-order valence-corrected chi connectivity index (χ0v) is 17.9. The van der Waals surface area contributed by atoms with Crippen LogP contribution < -0.4 is 10.3 Å². The number of halogens is 1. The summed E-state index contributed by atoms with van der Waals surface area (Å²) in [5.74, 6) is 7.64. The van der Waals surface area contributed by atoms with Crippen molar-refractivity contribution in [2.24, 2.45) is 5.92 Å². The van der Waals surface area contributed by atoms with Crippen molar-refractivity contribution < 1.29 is 4.74 Å². The van der Waals surface area contributed by atoms with Gasteiger partial charge in [-0.2, -0.15) is 0 Å². The maximum absolute atomic E-state index is 12.8. The second-order valence-corrected chi connectivity index (χ2v) is 8.17. The average molecular weight is 418 g/mol. The number of benzene rings is 2. The van der Waals surface area contributed by atoms with E-state index in [-0.39, 0.29) is 11.6 Å². The third-order valence-electron chi connectivity index (χ3n) is 5.36. The van der Waals surface area contributed by atoms with E-state index in [4.69, 9.17) is 16.3 Å². The molecule has 0 saturated heterocycles. The van der Waals surface area contributed by atoms with E-state index in [1.807, 2.05) is 56.3 Å². The summed E-state index contributed by atoms with van der Waals surface area (Å²) in [5.41, 5.74) is 3.74. The highest BCUT2D eigenvalue weighted by Gasteiger charge is 2.18. The first-order valence-electron chi connectivity index (χ1n) is 10.2. The van der Waals surface area contributed by atoms with Crippen molar-refractivity contribution in [1.29, 1.82) is 0 Å².